The molecule has 0 saturated carbocycles. The molecule has 1 aromatic heterocycles. The summed E-state index contributed by atoms with van der Waals surface area (Å²) in [5.41, 5.74) is 1.77. The molecule has 2 aromatic rings. The van der Waals surface area contributed by atoms with Crippen LogP contribution in [0.25, 0.3) is 0 Å². The van der Waals surface area contributed by atoms with Crippen molar-refractivity contribution in [1.82, 2.24) is 4.98 Å². The fourth-order valence-corrected chi connectivity index (χ4v) is 2.08. The highest BCUT2D eigenvalue weighted by atomic mass is 35.5. The Hall–Kier alpha value is -2.07. The number of aromatic nitrogens is 1. The van der Waals surface area contributed by atoms with Gasteiger partial charge in [0.1, 0.15) is 5.75 Å². The zero-order valence-electron chi connectivity index (χ0n) is 11.9. The molecule has 4 nitrogen and oxygen atoms in total. The number of carbonyl (C=O) groups is 1. The molecule has 110 valence electrons. The number of rotatable bonds is 5. The van der Waals surface area contributed by atoms with E-state index in [1.54, 1.807) is 18.2 Å². The van der Waals surface area contributed by atoms with Crippen LogP contribution in [0.2, 0.25) is 5.02 Å². The van der Waals surface area contributed by atoms with E-state index in [9.17, 15) is 4.79 Å². The van der Waals surface area contributed by atoms with Crippen LogP contribution in [0.1, 0.15) is 35.0 Å². The van der Waals surface area contributed by atoms with Crippen LogP contribution in [0, 0.1) is 6.92 Å². The molecule has 21 heavy (non-hydrogen) atoms. The number of ether oxygens (including phenoxy) is 1. The van der Waals surface area contributed by atoms with Gasteiger partial charge < -0.3 is 9.84 Å². The highest BCUT2D eigenvalue weighted by molar-refractivity contribution is 6.30. The van der Waals surface area contributed by atoms with Crippen molar-refractivity contribution in [2.75, 3.05) is 0 Å². The van der Waals surface area contributed by atoms with Gasteiger partial charge in [-0.25, -0.2) is 9.78 Å². The van der Waals surface area contributed by atoms with Crippen molar-refractivity contribution in [3.8, 4) is 11.6 Å². The van der Waals surface area contributed by atoms with E-state index in [1.165, 1.54) is 6.07 Å². The average molecular weight is 306 g/mol. The Labute approximate surface area is 128 Å². The predicted octanol–water partition coefficient (Wildman–Crippen LogP) is 4.49. The molecule has 0 amide bonds. The highest BCUT2D eigenvalue weighted by Crippen LogP contribution is 2.27. The summed E-state index contributed by atoms with van der Waals surface area (Å²) in [7, 11) is 0. The zero-order chi connectivity index (χ0) is 15.4. The third-order valence-electron chi connectivity index (χ3n) is 2.97. The number of benzene rings is 1. The van der Waals surface area contributed by atoms with Gasteiger partial charge in [0, 0.05) is 16.8 Å². The molecular formula is C16H16ClNO3. The number of pyridine rings is 1. The van der Waals surface area contributed by atoms with Gasteiger partial charge in [-0.05, 0) is 37.1 Å². The van der Waals surface area contributed by atoms with E-state index in [2.05, 4.69) is 4.98 Å². The van der Waals surface area contributed by atoms with E-state index >= 15 is 0 Å². The lowest BCUT2D eigenvalue weighted by Crippen LogP contribution is -2.02. The third-order valence-corrected chi connectivity index (χ3v) is 3.21. The summed E-state index contributed by atoms with van der Waals surface area (Å²) in [6, 6.07) is 8.29. The minimum atomic E-state index is -0.998. The van der Waals surface area contributed by atoms with Crippen LogP contribution in [0.3, 0.4) is 0 Å². The summed E-state index contributed by atoms with van der Waals surface area (Å²) in [6.07, 6.45) is 1.58. The maximum absolute atomic E-state index is 11.2. The summed E-state index contributed by atoms with van der Waals surface area (Å²) >= 11 is 5.95. The molecule has 1 N–H and O–H groups in total. The SMILES string of the molecule is CCCc1cc(C(=O)O)cc(Oc2cc(Cl)ccc2C)n1. The van der Waals surface area contributed by atoms with Crippen molar-refractivity contribution in [3.63, 3.8) is 0 Å². The lowest BCUT2D eigenvalue weighted by molar-refractivity contribution is 0.0696. The van der Waals surface area contributed by atoms with Gasteiger partial charge in [-0.2, -0.15) is 0 Å². The second-order valence-electron chi connectivity index (χ2n) is 4.75. The minimum absolute atomic E-state index is 0.170. The van der Waals surface area contributed by atoms with Gasteiger partial charge in [0.25, 0.3) is 0 Å². The normalized spacial score (nSPS) is 10.4. The first kappa shape index (κ1) is 15.3. The molecule has 1 aromatic carbocycles. The Kier molecular flexibility index (Phi) is 4.81. The molecule has 0 bridgehead atoms. The number of hydrogen-bond donors (Lipinski definition) is 1. The van der Waals surface area contributed by atoms with Gasteiger partial charge in [-0.15, -0.1) is 0 Å². The standard InChI is InChI=1S/C16H16ClNO3/c1-3-4-13-7-11(16(19)20)8-15(18-13)21-14-9-12(17)6-5-10(14)2/h5-9H,3-4H2,1-2H3,(H,19,20). The van der Waals surface area contributed by atoms with Gasteiger partial charge in [-0.1, -0.05) is 31.0 Å². The van der Waals surface area contributed by atoms with E-state index in [1.807, 2.05) is 19.9 Å². The minimum Gasteiger partial charge on any atom is -0.478 e. The maximum Gasteiger partial charge on any atom is 0.335 e. The van der Waals surface area contributed by atoms with Gasteiger partial charge >= 0.3 is 5.97 Å². The summed E-state index contributed by atoms with van der Waals surface area (Å²) in [6.45, 7) is 3.90. The van der Waals surface area contributed by atoms with Crippen molar-refractivity contribution in [2.24, 2.45) is 0 Å². The van der Waals surface area contributed by atoms with E-state index in [4.69, 9.17) is 21.4 Å². The molecule has 0 atom stereocenters. The van der Waals surface area contributed by atoms with Crippen LogP contribution in [-0.4, -0.2) is 16.1 Å². The largest absolute Gasteiger partial charge is 0.478 e. The summed E-state index contributed by atoms with van der Waals surface area (Å²) in [5, 5.41) is 9.72. The van der Waals surface area contributed by atoms with E-state index in [-0.39, 0.29) is 11.4 Å². The van der Waals surface area contributed by atoms with Crippen LogP contribution in [0.4, 0.5) is 0 Å². The maximum atomic E-state index is 11.2. The molecular weight excluding hydrogens is 290 g/mol. The molecule has 0 radical (unpaired) electrons. The Morgan fingerprint density at radius 2 is 2.10 bits per heavy atom. The summed E-state index contributed by atoms with van der Waals surface area (Å²) in [5.74, 6) is -0.161. The smallest absolute Gasteiger partial charge is 0.335 e. The quantitative estimate of drug-likeness (QED) is 0.884. The molecule has 0 saturated heterocycles. The van der Waals surface area contributed by atoms with Gasteiger partial charge in [-0.3, -0.25) is 0 Å². The topological polar surface area (TPSA) is 59.4 Å². The summed E-state index contributed by atoms with van der Waals surface area (Å²) in [4.78, 5) is 15.5. The van der Waals surface area contributed by atoms with Crippen molar-refractivity contribution < 1.29 is 14.6 Å². The number of aromatic carboxylic acids is 1. The lowest BCUT2D eigenvalue weighted by Gasteiger charge is -2.10. The van der Waals surface area contributed by atoms with E-state index in [0.717, 1.165) is 12.0 Å². The number of aryl methyl sites for hydroxylation is 2. The molecule has 2 rings (SSSR count). The summed E-state index contributed by atoms with van der Waals surface area (Å²) < 4.78 is 5.71. The molecule has 0 fully saturated rings. The van der Waals surface area contributed by atoms with Crippen molar-refractivity contribution in [1.29, 1.82) is 0 Å². The van der Waals surface area contributed by atoms with Gasteiger partial charge in [0.05, 0.1) is 5.56 Å². The lowest BCUT2D eigenvalue weighted by atomic mass is 10.1. The van der Waals surface area contributed by atoms with Crippen LogP contribution in [-0.2, 0) is 6.42 Å². The number of carboxylic acid groups (broad SMARTS) is 1. The second kappa shape index (κ2) is 6.59. The van der Waals surface area contributed by atoms with E-state index < -0.39 is 5.97 Å². The first-order chi connectivity index (χ1) is 9.99. The molecule has 0 aliphatic carbocycles. The molecule has 0 unspecified atom stereocenters. The monoisotopic (exact) mass is 305 g/mol. The van der Waals surface area contributed by atoms with Gasteiger partial charge in [0.15, 0.2) is 0 Å². The number of carboxylic acids is 1. The van der Waals surface area contributed by atoms with Crippen LogP contribution >= 0.6 is 11.6 Å². The molecule has 0 aliphatic heterocycles. The first-order valence-corrected chi connectivity index (χ1v) is 7.05. The molecule has 5 heteroatoms. The van der Waals surface area contributed by atoms with Crippen LogP contribution in [0.5, 0.6) is 11.6 Å². The van der Waals surface area contributed by atoms with Crippen LogP contribution < -0.4 is 4.74 Å². The zero-order valence-corrected chi connectivity index (χ0v) is 12.6. The van der Waals surface area contributed by atoms with Crippen LogP contribution in [0.15, 0.2) is 30.3 Å². The number of halogens is 1. The predicted molar refractivity (Wildman–Crippen MR) is 81.5 cm³/mol. The fourth-order valence-electron chi connectivity index (χ4n) is 1.92. The van der Waals surface area contributed by atoms with Crippen molar-refractivity contribution >= 4 is 17.6 Å². The van der Waals surface area contributed by atoms with Gasteiger partial charge in [0.2, 0.25) is 5.88 Å². The van der Waals surface area contributed by atoms with Crippen molar-refractivity contribution in [2.45, 2.75) is 26.7 Å². The highest BCUT2D eigenvalue weighted by Gasteiger charge is 2.11. The molecule has 0 spiro atoms. The Morgan fingerprint density at radius 1 is 1.33 bits per heavy atom. The van der Waals surface area contributed by atoms with Crippen molar-refractivity contribution in [3.05, 3.63) is 52.2 Å². The molecule has 0 aliphatic rings. The Bertz CT molecular complexity index is 671. The number of nitrogens with zero attached hydrogens (tertiary/aromatic N) is 1. The van der Waals surface area contributed by atoms with E-state index in [0.29, 0.717) is 22.9 Å². The average Bonchev–Trinajstić information content (AvgIpc) is 2.43. The molecule has 1 heterocycles. The third kappa shape index (κ3) is 3.95. The Balaban J connectivity index is 2.38. The first-order valence-electron chi connectivity index (χ1n) is 6.68. The fraction of sp³-hybridized carbons (Fsp3) is 0.250. The Morgan fingerprint density at radius 3 is 2.76 bits per heavy atom. The number of hydrogen-bond acceptors (Lipinski definition) is 3. The second-order valence-corrected chi connectivity index (χ2v) is 5.19.